The van der Waals surface area contributed by atoms with Crippen LogP contribution in [0, 0.1) is 6.92 Å². The molecule has 0 aliphatic heterocycles. The summed E-state index contributed by atoms with van der Waals surface area (Å²) in [4.78, 5) is 42.2. The first-order valence-electron chi connectivity index (χ1n) is 6.43. The smallest absolute Gasteiger partial charge is 0.328 e. The number of carbonyl (C=O) groups is 2. The second-order valence-electron chi connectivity index (χ2n) is 4.90. The molecule has 1 atom stereocenters. The summed E-state index contributed by atoms with van der Waals surface area (Å²) in [6, 6.07) is -0.825. The van der Waals surface area contributed by atoms with E-state index in [0.717, 1.165) is 12.8 Å². The Hall–Kier alpha value is -2.18. The van der Waals surface area contributed by atoms with Crippen LogP contribution in [-0.2, 0) is 9.53 Å². The molecule has 2 N–H and O–H groups in total. The molecule has 20 heavy (non-hydrogen) atoms. The van der Waals surface area contributed by atoms with Crippen LogP contribution in [0.5, 0.6) is 0 Å². The maximum absolute atomic E-state index is 12.0. The molecule has 1 saturated carbocycles. The second kappa shape index (κ2) is 5.44. The van der Waals surface area contributed by atoms with Gasteiger partial charge in [-0.3, -0.25) is 9.59 Å². The zero-order valence-corrected chi connectivity index (χ0v) is 11.6. The Morgan fingerprint density at radius 2 is 2.10 bits per heavy atom. The fourth-order valence-electron chi connectivity index (χ4n) is 1.93. The fraction of sp³-hybridized carbons (Fsp3) is 0.538. The van der Waals surface area contributed by atoms with Crippen molar-refractivity contribution in [3.8, 4) is 0 Å². The summed E-state index contributed by atoms with van der Waals surface area (Å²) in [6.07, 6.45) is 2.01. The third-order valence-electron chi connectivity index (χ3n) is 3.21. The van der Waals surface area contributed by atoms with Gasteiger partial charge in [0.2, 0.25) is 0 Å². The molecule has 1 aliphatic rings. The number of esters is 1. The first-order valence-corrected chi connectivity index (χ1v) is 6.43. The van der Waals surface area contributed by atoms with Crippen molar-refractivity contribution >= 4 is 11.9 Å². The molecule has 1 amide bonds. The minimum Gasteiger partial charge on any atom is -0.467 e. The van der Waals surface area contributed by atoms with Crippen LogP contribution in [0.1, 0.15) is 47.6 Å². The van der Waals surface area contributed by atoms with Gasteiger partial charge in [-0.25, -0.2) is 9.78 Å². The first-order chi connectivity index (χ1) is 9.43. The summed E-state index contributed by atoms with van der Waals surface area (Å²) >= 11 is 0. The highest BCUT2D eigenvalue weighted by atomic mass is 16.5. The van der Waals surface area contributed by atoms with E-state index in [1.54, 1.807) is 6.92 Å². The number of ether oxygens (including phenoxy) is 1. The van der Waals surface area contributed by atoms with E-state index in [9.17, 15) is 14.4 Å². The molecule has 108 valence electrons. The van der Waals surface area contributed by atoms with Gasteiger partial charge in [0, 0.05) is 5.92 Å². The third kappa shape index (κ3) is 2.87. The Morgan fingerprint density at radius 1 is 1.45 bits per heavy atom. The molecule has 7 nitrogen and oxygen atoms in total. The van der Waals surface area contributed by atoms with Gasteiger partial charge in [-0.2, -0.15) is 0 Å². The molecule has 0 bridgehead atoms. The number of amides is 1. The normalized spacial score (nSPS) is 15.6. The summed E-state index contributed by atoms with van der Waals surface area (Å²) in [5.74, 6) is -0.274. The molecule has 0 spiro atoms. The predicted molar refractivity (Wildman–Crippen MR) is 70.5 cm³/mol. The summed E-state index contributed by atoms with van der Waals surface area (Å²) in [7, 11) is 1.23. The Bertz CT molecular complexity index is 604. The van der Waals surface area contributed by atoms with Crippen molar-refractivity contribution in [3.05, 3.63) is 27.4 Å². The van der Waals surface area contributed by atoms with E-state index in [1.165, 1.54) is 14.0 Å². The number of rotatable bonds is 4. The Labute approximate surface area is 115 Å². The minimum absolute atomic E-state index is 0.0647. The molecular formula is C13H17N3O4. The number of aryl methyl sites for hydroxylation is 1. The molecular weight excluding hydrogens is 262 g/mol. The van der Waals surface area contributed by atoms with Crippen molar-refractivity contribution in [1.82, 2.24) is 15.3 Å². The van der Waals surface area contributed by atoms with E-state index in [0.29, 0.717) is 17.4 Å². The number of nitrogens with zero attached hydrogens (tertiary/aromatic N) is 1. The van der Waals surface area contributed by atoms with Crippen LogP contribution in [0.15, 0.2) is 4.79 Å². The number of methoxy groups -OCH3 is 1. The van der Waals surface area contributed by atoms with Gasteiger partial charge in [0.05, 0.1) is 12.8 Å². The van der Waals surface area contributed by atoms with E-state index in [1.807, 2.05) is 0 Å². The van der Waals surface area contributed by atoms with Gasteiger partial charge >= 0.3 is 5.97 Å². The molecule has 0 saturated heterocycles. The van der Waals surface area contributed by atoms with Crippen LogP contribution in [0.4, 0.5) is 0 Å². The summed E-state index contributed by atoms with van der Waals surface area (Å²) < 4.78 is 4.51. The molecule has 7 heteroatoms. The summed E-state index contributed by atoms with van der Waals surface area (Å²) in [6.45, 7) is 3.10. The van der Waals surface area contributed by atoms with E-state index in [4.69, 9.17) is 0 Å². The summed E-state index contributed by atoms with van der Waals surface area (Å²) in [5.41, 5.74) is -0.177. The molecule has 0 radical (unpaired) electrons. The highest BCUT2D eigenvalue weighted by molar-refractivity contribution is 5.97. The van der Waals surface area contributed by atoms with Gasteiger partial charge in [-0.05, 0) is 26.7 Å². The van der Waals surface area contributed by atoms with Crippen LogP contribution < -0.4 is 10.9 Å². The van der Waals surface area contributed by atoms with Gasteiger partial charge in [-0.15, -0.1) is 0 Å². The van der Waals surface area contributed by atoms with Gasteiger partial charge < -0.3 is 15.0 Å². The molecule has 1 aliphatic carbocycles. The molecule has 0 aromatic carbocycles. The Balaban J connectivity index is 2.21. The highest BCUT2D eigenvalue weighted by Crippen LogP contribution is 2.37. The maximum Gasteiger partial charge on any atom is 0.328 e. The lowest BCUT2D eigenvalue weighted by atomic mass is 10.2. The van der Waals surface area contributed by atoms with E-state index < -0.39 is 23.5 Å². The number of carbonyl (C=O) groups excluding carboxylic acids is 2. The quantitative estimate of drug-likeness (QED) is 0.769. The van der Waals surface area contributed by atoms with Gasteiger partial charge in [0.25, 0.3) is 11.5 Å². The number of aromatic amines is 1. The monoisotopic (exact) mass is 279 g/mol. The van der Waals surface area contributed by atoms with Crippen molar-refractivity contribution < 1.29 is 14.3 Å². The first kappa shape index (κ1) is 14.2. The van der Waals surface area contributed by atoms with Crippen LogP contribution in [0.3, 0.4) is 0 Å². The number of aromatic nitrogens is 2. The number of H-pyrrole nitrogens is 1. The molecule has 1 aromatic rings. The lowest BCUT2D eigenvalue weighted by molar-refractivity contribution is -0.142. The summed E-state index contributed by atoms with van der Waals surface area (Å²) in [5, 5.41) is 2.42. The number of hydrogen-bond acceptors (Lipinski definition) is 5. The largest absolute Gasteiger partial charge is 0.467 e. The van der Waals surface area contributed by atoms with E-state index >= 15 is 0 Å². The van der Waals surface area contributed by atoms with Crippen LogP contribution in [0.25, 0.3) is 0 Å². The number of nitrogens with one attached hydrogen (secondary N) is 2. The SMILES string of the molecule is COC(=O)C(C)NC(=O)c1c(C)nc(C2CC2)[nH]c1=O. The van der Waals surface area contributed by atoms with Crippen molar-refractivity contribution in [2.24, 2.45) is 0 Å². The Kier molecular flexibility index (Phi) is 3.87. The highest BCUT2D eigenvalue weighted by Gasteiger charge is 2.28. The molecule has 2 rings (SSSR count). The van der Waals surface area contributed by atoms with Crippen molar-refractivity contribution in [3.63, 3.8) is 0 Å². The molecule has 1 aromatic heterocycles. The van der Waals surface area contributed by atoms with Gasteiger partial charge in [-0.1, -0.05) is 0 Å². The van der Waals surface area contributed by atoms with Gasteiger partial charge in [0.15, 0.2) is 0 Å². The molecule has 1 unspecified atom stereocenters. The molecule has 1 heterocycles. The van der Waals surface area contributed by atoms with Crippen LogP contribution >= 0.6 is 0 Å². The topological polar surface area (TPSA) is 101 Å². The third-order valence-corrected chi connectivity index (χ3v) is 3.21. The van der Waals surface area contributed by atoms with Crippen LogP contribution in [-0.4, -0.2) is 35.0 Å². The Morgan fingerprint density at radius 3 is 2.60 bits per heavy atom. The van der Waals surface area contributed by atoms with Crippen LogP contribution in [0.2, 0.25) is 0 Å². The van der Waals surface area contributed by atoms with E-state index in [2.05, 4.69) is 20.0 Å². The van der Waals surface area contributed by atoms with Crippen molar-refractivity contribution in [2.45, 2.75) is 38.6 Å². The number of hydrogen-bond donors (Lipinski definition) is 2. The lowest BCUT2D eigenvalue weighted by Crippen LogP contribution is -2.41. The van der Waals surface area contributed by atoms with E-state index in [-0.39, 0.29) is 5.56 Å². The van der Waals surface area contributed by atoms with Crippen molar-refractivity contribution in [2.75, 3.05) is 7.11 Å². The average Bonchev–Trinajstić information content (AvgIpc) is 3.20. The minimum atomic E-state index is -0.825. The molecule has 1 fully saturated rings. The van der Waals surface area contributed by atoms with Gasteiger partial charge in [0.1, 0.15) is 17.4 Å². The van der Waals surface area contributed by atoms with Crippen molar-refractivity contribution in [1.29, 1.82) is 0 Å². The standard InChI is InChI=1S/C13H17N3O4/c1-6-9(11(17)15-7(2)13(19)20-3)12(18)16-10(14-6)8-4-5-8/h7-8H,4-5H2,1-3H3,(H,15,17)(H,14,16,18). The average molecular weight is 279 g/mol. The fourth-order valence-corrected chi connectivity index (χ4v) is 1.93. The lowest BCUT2D eigenvalue weighted by Gasteiger charge is -2.12. The zero-order valence-electron chi connectivity index (χ0n) is 11.6. The zero-order chi connectivity index (χ0) is 14.9. The predicted octanol–water partition coefficient (Wildman–Crippen LogP) is 0.247. The maximum atomic E-state index is 12.0. The second-order valence-corrected chi connectivity index (χ2v) is 4.90.